The first-order chi connectivity index (χ1) is 6.64. The summed E-state index contributed by atoms with van der Waals surface area (Å²) in [4.78, 5) is 11.8. The monoisotopic (exact) mass is 419 g/mol. The lowest BCUT2D eigenvalue weighted by Gasteiger charge is -2.38. The van der Waals surface area contributed by atoms with Crippen molar-refractivity contribution in [3.05, 3.63) is 7.47 Å². The van der Waals surface area contributed by atoms with Gasteiger partial charge in [-0.1, -0.05) is 6.42 Å². The van der Waals surface area contributed by atoms with Crippen LogP contribution in [0.15, 0.2) is 7.47 Å². The minimum absolute atomic E-state index is 0.0435. The summed E-state index contributed by atoms with van der Waals surface area (Å²) < 4.78 is 7.42. The van der Waals surface area contributed by atoms with Crippen LogP contribution >= 0.6 is 45.2 Å². The van der Waals surface area contributed by atoms with E-state index in [-0.39, 0.29) is 5.91 Å². The zero-order valence-corrected chi connectivity index (χ0v) is 11.9. The van der Waals surface area contributed by atoms with Crippen LogP contribution in [-0.2, 0) is 9.53 Å². The Morgan fingerprint density at radius 1 is 1.21 bits per heavy atom. The first kappa shape index (κ1) is 11.0. The molecule has 3 nitrogen and oxygen atoms in total. The molecule has 0 saturated heterocycles. The first-order valence-electron chi connectivity index (χ1n) is 4.70. The predicted octanol–water partition coefficient (Wildman–Crippen LogP) is 2.83. The molecule has 1 heterocycles. The maximum Gasteiger partial charge on any atom is 0.269 e. The highest BCUT2D eigenvalue weighted by Gasteiger charge is 2.45. The summed E-state index contributed by atoms with van der Waals surface area (Å²) in [6.45, 7) is 0. The molecule has 5 heteroatoms. The van der Waals surface area contributed by atoms with Gasteiger partial charge >= 0.3 is 0 Å². The molecular formula is C9H11I2NO2. The van der Waals surface area contributed by atoms with Gasteiger partial charge in [0.1, 0.15) is 3.70 Å². The van der Waals surface area contributed by atoms with E-state index >= 15 is 0 Å². The van der Waals surface area contributed by atoms with Crippen LogP contribution < -0.4 is 5.32 Å². The Labute approximate surface area is 110 Å². The molecule has 0 aromatic rings. The van der Waals surface area contributed by atoms with Crippen molar-refractivity contribution in [3.63, 3.8) is 0 Å². The minimum atomic E-state index is -0.552. The van der Waals surface area contributed by atoms with E-state index in [1.807, 2.05) is 0 Å². The van der Waals surface area contributed by atoms with Gasteiger partial charge in [0.25, 0.3) is 5.91 Å². The molecule has 1 N–H and O–H groups in total. The number of rotatable bonds is 0. The van der Waals surface area contributed by atoms with Crippen molar-refractivity contribution >= 4 is 51.1 Å². The zero-order chi connectivity index (χ0) is 10.2. The van der Waals surface area contributed by atoms with Gasteiger partial charge in [-0.15, -0.1) is 0 Å². The largest absolute Gasteiger partial charge is 0.469 e. The average molecular weight is 419 g/mol. The van der Waals surface area contributed by atoms with Crippen molar-refractivity contribution < 1.29 is 9.53 Å². The van der Waals surface area contributed by atoms with Gasteiger partial charge < -0.3 is 10.1 Å². The molecule has 78 valence electrons. The van der Waals surface area contributed by atoms with Gasteiger partial charge in [-0.3, -0.25) is 4.79 Å². The van der Waals surface area contributed by atoms with Gasteiger partial charge in [0.15, 0.2) is 9.37 Å². The number of carbonyl (C=O) groups is 1. The van der Waals surface area contributed by atoms with Gasteiger partial charge in [0.05, 0.1) is 0 Å². The molecule has 1 amide bonds. The summed E-state index contributed by atoms with van der Waals surface area (Å²) in [6, 6.07) is 0. The fraction of sp³-hybridized carbons (Fsp3) is 0.667. The standard InChI is InChI=1S/C9H11I2NO2/c10-6-7(11)14-9(8(13)12-6)4-2-1-3-5-9/h1-5H2,(H,12,13). The van der Waals surface area contributed by atoms with Gasteiger partial charge in [-0.2, -0.15) is 0 Å². The summed E-state index contributed by atoms with van der Waals surface area (Å²) in [5.74, 6) is 0.0435. The molecule has 1 spiro atoms. The Bertz CT molecular complexity index is 295. The second kappa shape index (κ2) is 4.15. The molecule has 1 saturated carbocycles. The molecule has 1 fully saturated rings. The van der Waals surface area contributed by atoms with Gasteiger partial charge in [-0.05, 0) is 48.3 Å². The molecule has 1 aliphatic heterocycles. The van der Waals surface area contributed by atoms with Crippen molar-refractivity contribution in [1.29, 1.82) is 0 Å². The van der Waals surface area contributed by atoms with Crippen LogP contribution in [0.4, 0.5) is 0 Å². The van der Waals surface area contributed by atoms with Crippen LogP contribution in [0, 0.1) is 0 Å². The summed E-state index contributed by atoms with van der Waals surface area (Å²) in [6.07, 6.45) is 5.11. The first-order valence-corrected chi connectivity index (χ1v) is 6.85. The molecule has 2 aliphatic rings. The van der Waals surface area contributed by atoms with E-state index in [0.29, 0.717) is 0 Å². The molecule has 1 aliphatic carbocycles. The quantitative estimate of drug-likeness (QED) is 0.485. The topological polar surface area (TPSA) is 38.3 Å². The molecule has 14 heavy (non-hydrogen) atoms. The molecule has 0 aromatic heterocycles. The smallest absolute Gasteiger partial charge is 0.269 e. The Hall–Kier alpha value is 0.470. The molecule has 0 aromatic carbocycles. The number of carbonyl (C=O) groups excluding carboxylic acids is 1. The molecule has 0 atom stereocenters. The Balaban J connectivity index is 2.24. The molecule has 0 radical (unpaired) electrons. The number of halogens is 2. The van der Waals surface area contributed by atoms with Crippen LogP contribution in [0.1, 0.15) is 32.1 Å². The predicted molar refractivity (Wildman–Crippen MR) is 70.1 cm³/mol. The maximum absolute atomic E-state index is 11.8. The van der Waals surface area contributed by atoms with Gasteiger partial charge in [-0.25, -0.2) is 0 Å². The third kappa shape index (κ3) is 1.89. The highest BCUT2D eigenvalue weighted by molar-refractivity contribution is 14.1. The lowest BCUT2D eigenvalue weighted by molar-refractivity contribution is -0.145. The minimum Gasteiger partial charge on any atom is -0.469 e. The number of hydrogen-bond acceptors (Lipinski definition) is 2. The summed E-state index contributed by atoms with van der Waals surface area (Å²) >= 11 is 4.23. The third-order valence-electron chi connectivity index (χ3n) is 2.76. The van der Waals surface area contributed by atoms with Crippen molar-refractivity contribution in [2.45, 2.75) is 37.7 Å². The molecule has 0 unspecified atom stereocenters. The van der Waals surface area contributed by atoms with Gasteiger partial charge in [0, 0.05) is 22.6 Å². The Morgan fingerprint density at radius 2 is 1.86 bits per heavy atom. The fourth-order valence-electron chi connectivity index (χ4n) is 1.98. The van der Waals surface area contributed by atoms with Crippen LogP contribution in [-0.4, -0.2) is 11.5 Å². The van der Waals surface area contributed by atoms with Crippen LogP contribution in [0.25, 0.3) is 0 Å². The normalized spacial score (nSPS) is 26.0. The van der Waals surface area contributed by atoms with Crippen LogP contribution in [0.2, 0.25) is 0 Å². The van der Waals surface area contributed by atoms with Crippen molar-refractivity contribution in [1.82, 2.24) is 5.32 Å². The lowest BCUT2D eigenvalue weighted by atomic mass is 9.83. The maximum atomic E-state index is 11.8. The van der Waals surface area contributed by atoms with E-state index in [4.69, 9.17) is 4.74 Å². The second-order valence-electron chi connectivity index (χ2n) is 3.70. The van der Waals surface area contributed by atoms with Crippen molar-refractivity contribution in [3.8, 4) is 0 Å². The van der Waals surface area contributed by atoms with Crippen molar-refractivity contribution in [2.24, 2.45) is 0 Å². The number of amides is 1. The SMILES string of the molecule is O=C1NC(I)=C(I)OC12CCCCC2. The number of nitrogens with one attached hydrogen (secondary N) is 1. The average Bonchev–Trinajstić information content (AvgIpc) is 2.17. The molecule has 2 rings (SSSR count). The fourth-order valence-corrected chi connectivity index (χ4v) is 2.89. The van der Waals surface area contributed by atoms with E-state index in [9.17, 15) is 4.79 Å². The third-order valence-corrected chi connectivity index (χ3v) is 5.31. The summed E-state index contributed by atoms with van der Waals surface area (Å²) in [7, 11) is 0. The molecular weight excluding hydrogens is 408 g/mol. The van der Waals surface area contributed by atoms with E-state index in [0.717, 1.165) is 33.2 Å². The van der Waals surface area contributed by atoms with Crippen LogP contribution in [0.5, 0.6) is 0 Å². The van der Waals surface area contributed by atoms with E-state index < -0.39 is 5.60 Å². The van der Waals surface area contributed by atoms with Crippen LogP contribution in [0.3, 0.4) is 0 Å². The number of ether oxygens (including phenoxy) is 1. The van der Waals surface area contributed by atoms with E-state index in [1.54, 1.807) is 0 Å². The Kier molecular flexibility index (Phi) is 3.25. The van der Waals surface area contributed by atoms with E-state index in [2.05, 4.69) is 50.5 Å². The Morgan fingerprint density at radius 3 is 2.50 bits per heavy atom. The lowest BCUT2D eigenvalue weighted by Crippen LogP contribution is -2.51. The van der Waals surface area contributed by atoms with Gasteiger partial charge in [0.2, 0.25) is 0 Å². The van der Waals surface area contributed by atoms with E-state index in [1.165, 1.54) is 6.42 Å². The second-order valence-corrected chi connectivity index (χ2v) is 5.76. The highest BCUT2D eigenvalue weighted by atomic mass is 127. The summed E-state index contributed by atoms with van der Waals surface area (Å²) in [5.41, 5.74) is -0.552. The number of hydrogen-bond donors (Lipinski definition) is 1. The van der Waals surface area contributed by atoms with Crippen molar-refractivity contribution in [2.75, 3.05) is 0 Å². The molecule has 0 bridgehead atoms. The zero-order valence-electron chi connectivity index (χ0n) is 7.61. The summed E-state index contributed by atoms with van der Waals surface area (Å²) in [5, 5.41) is 2.88. The highest BCUT2D eigenvalue weighted by Crippen LogP contribution is 2.39.